The van der Waals surface area contributed by atoms with Crippen LogP contribution in [-0.4, -0.2) is 52.7 Å². The number of carbonyl (C=O) groups is 1. The highest BCUT2D eigenvalue weighted by atomic mass is 32.2. The van der Waals surface area contributed by atoms with Gasteiger partial charge in [0.05, 0.1) is 4.90 Å². The molecule has 0 radical (unpaired) electrons. The zero-order valence-corrected chi connectivity index (χ0v) is 14.1. The van der Waals surface area contributed by atoms with Crippen LogP contribution in [0.25, 0.3) is 0 Å². The summed E-state index contributed by atoms with van der Waals surface area (Å²) in [4.78, 5) is 13.9. The molecule has 1 aromatic carbocycles. The smallest absolute Gasteiger partial charge is 0.321 e. The zero-order valence-electron chi connectivity index (χ0n) is 13.2. The van der Waals surface area contributed by atoms with Gasteiger partial charge >= 0.3 is 6.03 Å². The van der Waals surface area contributed by atoms with Crippen LogP contribution in [0.2, 0.25) is 0 Å². The highest BCUT2D eigenvalue weighted by molar-refractivity contribution is 7.89. The Kier molecular flexibility index (Phi) is 6.37. The second kappa shape index (κ2) is 8.28. The van der Waals surface area contributed by atoms with Gasteiger partial charge in [0.15, 0.2) is 0 Å². The van der Waals surface area contributed by atoms with Gasteiger partial charge in [-0.2, -0.15) is 0 Å². The minimum Gasteiger partial charge on any atom is -0.385 e. The van der Waals surface area contributed by atoms with E-state index in [1.807, 2.05) is 0 Å². The van der Waals surface area contributed by atoms with E-state index in [0.29, 0.717) is 25.3 Å². The van der Waals surface area contributed by atoms with E-state index in [0.717, 1.165) is 25.9 Å². The Morgan fingerprint density at radius 2 is 1.87 bits per heavy atom. The fraction of sp³-hybridized carbons (Fsp3) is 0.533. The summed E-state index contributed by atoms with van der Waals surface area (Å²) in [6.45, 7) is 2.36. The Morgan fingerprint density at radius 1 is 1.22 bits per heavy atom. The van der Waals surface area contributed by atoms with E-state index in [1.54, 1.807) is 24.1 Å². The van der Waals surface area contributed by atoms with Crippen LogP contribution in [0.5, 0.6) is 0 Å². The highest BCUT2D eigenvalue weighted by Gasteiger charge is 2.18. The molecule has 1 aliphatic heterocycles. The Morgan fingerprint density at radius 3 is 2.48 bits per heavy atom. The number of sulfonamides is 1. The zero-order chi connectivity index (χ0) is 16.7. The Labute approximate surface area is 137 Å². The highest BCUT2D eigenvalue weighted by Crippen LogP contribution is 2.16. The number of anilines is 1. The van der Waals surface area contributed by atoms with Gasteiger partial charge in [-0.05, 0) is 43.5 Å². The lowest BCUT2D eigenvalue weighted by Gasteiger charge is -2.16. The molecule has 2 rings (SSSR count). The SMILES string of the molecule is COCCCNS(=O)(=O)c1ccc(NC(=O)N2CCCC2)cc1. The van der Waals surface area contributed by atoms with Crippen LogP contribution in [0.15, 0.2) is 29.2 Å². The van der Waals surface area contributed by atoms with Crippen LogP contribution < -0.4 is 10.0 Å². The molecule has 7 nitrogen and oxygen atoms in total. The van der Waals surface area contributed by atoms with Gasteiger partial charge in [-0.3, -0.25) is 0 Å². The number of amides is 2. The minimum atomic E-state index is -3.53. The standard InChI is InChI=1S/C15H23N3O4S/c1-22-12-4-9-16-23(20,21)14-7-5-13(6-8-14)17-15(19)18-10-2-3-11-18/h5-8,16H,2-4,9-12H2,1H3,(H,17,19). The number of urea groups is 1. The summed E-state index contributed by atoms with van der Waals surface area (Å²) in [5.41, 5.74) is 0.584. The van der Waals surface area contributed by atoms with Crippen molar-refractivity contribution in [3.63, 3.8) is 0 Å². The number of hydrogen-bond acceptors (Lipinski definition) is 4. The Hall–Kier alpha value is -1.64. The summed E-state index contributed by atoms with van der Waals surface area (Å²) in [6.07, 6.45) is 2.67. The van der Waals surface area contributed by atoms with Gasteiger partial charge in [0.1, 0.15) is 0 Å². The van der Waals surface area contributed by atoms with Crippen molar-refractivity contribution in [3.8, 4) is 0 Å². The van der Waals surface area contributed by atoms with E-state index in [1.165, 1.54) is 12.1 Å². The summed E-state index contributed by atoms with van der Waals surface area (Å²) in [7, 11) is -1.96. The first-order valence-electron chi connectivity index (χ1n) is 7.67. The molecule has 1 saturated heterocycles. The second-order valence-corrected chi connectivity index (χ2v) is 7.16. The van der Waals surface area contributed by atoms with Crippen molar-refractivity contribution >= 4 is 21.7 Å². The lowest BCUT2D eigenvalue weighted by Crippen LogP contribution is -2.32. The first-order chi connectivity index (χ1) is 11.0. The molecule has 1 heterocycles. The van der Waals surface area contributed by atoms with Crippen LogP contribution in [0.1, 0.15) is 19.3 Å². The average molecular weight is 341 g/mol. The molecule has 1 aromatic rings. The number of nitrogens with one attached hydrogen (secondary N) is 2. The monoisotopic (exact) mass is 341 g/mol. The molecule has 0 atom stereocenters. The third-order valence-corrected chi connectivity index (χ3v) is 5.10. The van der Waals surface area contributed by atoms with Crippen LogP contribution >= 0.6 is 0 Å². The molecule has 1 aliphatic rings. The number of carbonyl (C=O) groups excluding carboxylic acids is 1. The maximum absolute atomic E-state index is 12.1. The molecule has 0 unspecified atom stereocenters. The number of methoxy groups -OCH3 is 1. The molecule has 1 fully saturated rings. The van der Waals surface area contributed by atoms with Crippen LogP contribution in [0.4, 0.5) is 10.5 Å². The van der Waals surface area contributed by atoms with Gasteiger partial charge < -0.3 is 15.0 Å². The third-order valence-electron chi connectivity index (χ3n) is 3.63. The summed E-state index contributed by atoms with van der Waals surface area (Å²) in [5, 5.41) is 2.78. The van der Waals surface area contributed by atoms with Crippen molar-refractivity contribution < 1.29 is 17.9 Å². The number of benzene rings is 1. The maximum Gasteiger partial charge on any atom is 0.321 e. The fourth-order valence-corrected chi connectivity index (χ4v) is 3.42. The predicted octanol–water partition coefficient (Wildman–Crippen LogP) is 1.63. The molecular formula is C15H23N3O4S. The number of ether oxygens (including phenoxy) is 1. The normalized spacial score (nSPS) is 14.9. The number of nitrogens with zero attached hydrogens (tertiary/aromatic N) is 1. The second-order valence-electron chi connectivity index (χ2n) is 5.39. The van der Waals surface area contributed by atoms with Crippen molar-refractivity contribution in [2.24, 2.45) is 0 Å². The summed E-state index contributed by atoms with van der Waals surface area (Å²) in [6, 6.07) is 6.02. The van der Waals surface area contributed by atoms with E-state index < -0.39 is 10.0 Å². The van der Waals surface area contributed by atoms with E-state index in [9.17, 15) is 13.2 Å². The van der Waals surface area contributed by atoms with Crippen LogP contribution in [0.3, 0.4) is 0 Å². The summed E-state index contributed by atoms with van der Waals surface area (Å²) in [5.74, 6) is 0. The van der Waals surface area contributed by atoms with Gasteiger partial charge in [-0.25, -0.2) is 17.9 Å². The summed E-state index contributed by atoms with van der Waals surface area (Å²) < 4.78 is 31.6. The molecule has 128 valence electrons. The number of rotatable bonds is 7. The predicted molar refractivity (Wildman–Crippen MR) is 87.9 cm³/mol. The summed E-state index contributed by atoms with van der Waals surface area (Å²) >= 11 is 0. The topological polar surface area (TPSA) is 87.7 Å². The Bertz CT molecular complexity index is 610. The molecule has 0 aromatic heterocycles. The van der Waals surface area contributed by atoms with Crippen LogP contribution in [-0.2, 0) is 14.8 Å². The first-order valence-corrected chi connectivity index (χ1v) is 9.16. The molecule has 2 amide bonds. The van der Waals surface area contributed by atoms with Gasteiger partial charge in [0.2, 0.25) is 10.0 Å². The van der Waals surface area contributed by atoms with Crippen molar-refractivity contribution in [1.82, 2.24) is 9.62 Å². The molecule has 0 bridgehead atoms. The van der Waals surface area contributed by atoms with Gasteiger partial charge in [0.25, 0.3) is 0 Å². The first kappa shape index (κ1) is 17.7. The molecular weight excluding hydrogens is 318 g/mol. The lowest BCUT2D eigenvalue weighted by molar-refractivity contribution is 0.196. The van der Waals surface area contributed by atoms with Crippen LogP contribution in [0, 0.1) is 0 Å². The number of hydrogen-bond donors (Lipinski definition) is 2. The third kappa shape index (κ3) is 5.19. The number of likely N-dealkylation sites (tertiary alicyclic amines) is 1. The van der Waals surface area contributed by atoms with E-state index in [2.05, 4.69) is 10.0 Å². The Balaban J connectivity index is 1.91. The van der Waals surface area contributed by atoms with E-state index >= 15 is 0 Å². The molecule has 2 N–H and O–H groups in total. The molecule has 0 aliphatic carbocycles. The largest absolute Gasteiger partial charge is 0.385 e. The van der Waals surface area contributed by atoms with Crippen molar-refractivity contribution in [2.45, 2.75) is 24.2 Å². The molecule has 23 heavy (non-hydrogen) atoms. The van der Waals surface area contributed by atoms with Crippen molar-refractivity contribution in [2.75, 3.05) is 38.7 Å². The molecule has 0 saturated carbocycles. The molecule has 8 heteroatoms. The van der Waals surface area contributed by atoms with E-state index in [4.69, 9.17) is 4.74 Å². The quantitative estimate of drug-likeness (QED) is 0.738. The lowest BCUT2D eigenvalue weighted by atomic mass is 10.3. The maximum atomic E-state index is 12.1. The van der Waals surface area contributed by atoms with Gasteiger partial charge in [-0.1, -0.05) is 0 Å². The van der Waals surface area contributed by atoms with Crippen molar-refractivity contribution in [3.05, 3.63) is 24.3 Å². The van der Waals surface area contributed by atoms with E-state index in [-0.39, 0.29) is 10.9 Å². The van der Waals surface area contributed by atoms with Gasteiger partial charge in [-0.15, -0.1) is 0 Å². The minimum absolute atomic E-state index is 0.143. The fourth-order valence-electron chi connectivity index (χ4n) is 2.35. The van der Waals surface area contributed by atoms with Crippen molar-refractivity contribution in [1.29, 1.82) is 0 Å². The van der Waals surface area contributed by atoms with Gasteiger partial charge in [0, 0.05) is 39.0 Å². The average Bonchev–Trinajstić information content (AvgIpc) is 3.07. The molecule has 0 spiro atoms.